The first-order valence-corrected chi connectivity index (χ1v) is 37.4. The van der Waals surface area contributed by atoms with Gasteiger partial charge in [-0.05, 0) is 74.3 Å². The van der Waals surface area contributed by atoms with E-state index in [4.69, 9.17) is 119 Å². The van der Waals surface area contributed by atoms with Crippen molar-refractivity contribution in [3.63, 3.8) is 0 Å². The molecule has 2 amide bonds. The molecule has 2 aromatic rings. The fourth-order valence-electron chi connectivity index (χ4n) is 10.0. The standard InChI is InChI=1S/C73H126FN3O27/c1-2-16-81-17-18-82-19-20-83-21-22-84-23-24-85-25-26-86-27-28-87-29-30-88-31-32-89-33-34-90-35-36-91-37-38-92-39-40-93-41-42-94-43-44-95-45-46-96-47-48-97-49-50-98-51-52-99-53-54-100-55-56-101-57-58-102-59-60-103-61-62-104-71-12-10-66(63-68(71)74)70(64-72(78)79)77-15-14-76(73(77)80)13-5-7-67-11-9-65-6-3-4-8-69(65)75-67/h9-12,63,70H,2-8,13-62,64H2,1H3,(H,78,79)/t70-/m0/s1. The van der Waals surface area contributed by atoms with Gasteiger partial charge in [0, 0.05) is 37.6 Å². The number of fused-ring (bicyclic) bond motifs is 1. The Morgan fingerprint density at radius 3 is 1.03 bits per heavy atom. The summed E-state index contributed by atoms with van der Waals surface area (Å²) in [6.07, 6.45) is 6.62. The van der Waals surface area contributed by atoms with Crippen LogP contribution in [0.4, 0.5) is 9.18 Å². The van der Waals surface area contributed by atoms with Crippen molar-refractivity contribution in [1.29, 1.82) is 0 Å². The zero-order chi connectivity index (χ0) is 73.6. The Balaban J connectivity index is 0.745. The van der Waals surface area contributed by atoms with E-state index in [1.54, 1.807) is 11.0 Å². The molecule has 1 saturated heterocycles. The van der Waals surface area contributed by atoms with E-state index in [9.17, 15) is 14.7 Å². The highest BCUT2D eigenvalue weighted by atomic mass is 19.1. The molecule has 1 atom stereocenters. The van der Waals surface area contributed by atoms with Gasteiger partial charge in [-0.15, -0.1) is 0 Å². The third-order valence-corrected chi connectivity index (χ3v) is 15.3. The van der Waals surface area contributed by atoms with E-state index in [0.717, 1.165) is 50.8 Å². The van der Waals surface area contributed by atoms with Crippen molar-refractivity contribution in [1.82, 2.24) is 14.8 Å². The fraction of sp³-hybridized carbons (Fsp3) is 0.822. The molecule has 1 fully saturated rings. The van der Waals surface area contributed by atoms with Gasteiger partial charge in [0.05, 0.1) is 310 Å². The highest BCUT2D eigenvalue weighted by molar-refractivity contribution is 5.78. The Morgan fingerprint density at radius 1 is 0.413 bits per heavy atom. The van der Waals surface area contributed by atoms with E-state index in [2.05, 4.69) is 19.1 Å². The van der Waals surface area contributed by atoms with Gasteiger partial charge in [-0.2, -0.15) is 0 Å². The predicted molar refractivity (Wildman–Crippen MR) is 379 cm³/mol. The number of rotatable bonds is 80. The molecule has 1 N–H and O–H groups in total. The van der Waals surface area contributed by atoms with Crippen LogP contribution in [0, 0.1) is 5.82 Å². The number of aliphatic carboxylic acids is 1. The summed E-state index contributed by atoms with van der Waals surface area (Å²) < 4.78 is 148. The summed E-state index contributed by atoms with van der Waals surface area (Å²) in [6, 6.07) is 7.51. The van der Waals surface area contributed by atoms with Crippen LogP contribution in [-0.4, -0.2) is 362 Å². The molecule has 2 heterocycles. The van der Waals surface area contributed by atoms with Gasteiger partial charge in [0.25, 0.3) is 0 Å². The van der Waals surface area contributed by atoms with Crippen molar-refractivity contribution in [2.24, 2.45) is 0 Å². The SMILES string of the molecule is CCCOCCOCCOCCOCCOCCOCCOCCOCCOCCOCCOCCOCCOCCOCCOCCOCCOCCOCCOCCOCCOCCOCCOCCOc1ccc([C@H](CC(=O)O)N2CCN(CCCc3ccc4c(n3)CCCC4)C2=O)cc1F. The molecular weight excluding hydrogens is 1370 g/mol. The number of pyridine rings is 1. The number of nitrogens with zero attached hydrogens (tertiary/aromatic N) is 3. The molecule has 31 heteroatoms. The molecule has 1 aliphatic carbocycles. The van der Waals surface area contributed by atoms with Gasteiger partial charge in [-0.3, -0.25) is 9.78 Å². The van der Waals surface area contributed by atoms with Crippen LogP contribution in [0.2, 0.25) is 0 Å². The monoisotopic (exact) mass is 1500 g/mol. The maximum absolute atomic E-state index is 15.3. The van der Waals surface area contributed by atoms with Crippen LogP contribution in [0.3, 0.4) is 0 Å². The lowest BCUT2D eigenvalue weighted by molar-refractivity contribution is -0.138. The number of amides is 2. The predicted octanol–water partition coefficient (Wildman–Crippen LogP) is 5.16. The number of aryl methyl sites for hydroxylation is 3. The van der Waals surface area contributed by atoms with Gasteiger partial charge < -0.3 is 129 Å². The molecule has 0 radical (unpaired) electrons. The molecule has 4 rings (SSSR count). The van der Waals surface area contributed by atoms with Crippen LogP contribution in [0.5, 0.6) is 5.75 Å². The molecule has 1 aromatic carbocycles. The Hall–Kier alpha value is -4.08. The Kier molecular flexibility index (Phi) is 61.6. The summed E-state index contributed by atoms with van der Waals surface area (Å²) in [5.74, 6) is -1.72. The lowest BCUT2D eigenvalue weighted by Gasteiger charge is -2.27. The zero-order valence-corrected chi connectivity index (χ0v) is 62.3. The second-order valence-electron chi connectivity index (χ2n) is 23.4. The van der Waals surface area contributed by atoms with E-state index >= 15 is 4.39 Å². The molecule has 1 aromatic heterocycles. The average Bonchev–Trinajstić information content (AvgIpc) is 1.58. The van der Waals surface area contributed by atoms with Gasteiger partial charge in [0.1, 0.15) is 6.61 Å². The molecule has 602 valence electrons. The maximum Gasteiger partial charge on any atom is 0.320 e. The number of ether oxygens (including phenoxy) is 24. The molecule has 0 bridgehead atoms. The van der Waals surface area contributed by atoms with Gasteiger partial charge in [-0.25, -0.2) is 9.18 Å². The van der Waals surface area contributed by atoms with Crippen molar-refractivity contribution < 1.29 is 133 Å². The van der Waals surface area contributed by atoms with Gasteiger partial charge in [-0.1, -0.05) is 19.1 Å². The quantitative estimate of drug-likeness (QED) is 0.0837. The minimum absolute atomic E-state index is 0.0103. The van der Waals surface area contributed by atoms with E-state index in [0.29, 0.717) is 316 Å². The number of carboxylic acid groups (broad SMARTS) is 1. The molecule has 1 aliphatic heterocycles. The molecule has 104 heavy (non-hydrogen) atoms. The van der Waals surface area contributed by atoms with Crippen molar-refractivity contribution in [3.8, 4) is 5.75 Å². The molecule has 0 spiro atoms. The highest BCUT2D eigenvalue weighted by Gasteiger charge is 2.36. The average molecular weight is 1500 g/mol. The Bertz CT molecular complexity index is 2280. The molecule has 2 aliphatic rings. The number of carbonyl (C=O) groups is 2. The van der Waals surface area contributed by atoms with E-state index in [1.807, 2.05) is 0 Å². The fourth-order valence-corrected chi connectivity index (χ4v) is 10.0. The summed E-state index contributed by atoms with van der Waals surface area (Å²) in [5, 5.41) is 9.73. The van der Waals surface area contributed by atoms with Crippen LogP contribution < -0.4 is 4.74 Å². The Labute approximate surface area is 616 Å². The molecular formula is C73H126FN3O27. The summed E-state index contributed by atoms with van der Waals surface area (Å²) in [6.45, 7) is 25.3. The largest absolute Gasteiger partial charge is 0.488 e. The number of carbonyl (C=O) groups excluding carboxylic acids is 1. The summed E-state index contributed by atoms with van der Waals surface area (Å²) >= 11 is 0. The summed E-state index contributed by atoms with van der Waals surface area (Å²) in [4.78, 5) is 33.5. The third kappa shape index (κ3) is 52.1. The number of aromatic nitrogens is 1. The number of hydrogen-bond donors (Lipinski definition) is 1. The smallest absolute Gasteiger partial charge is 0.320 e. The van der Waals surface area contributed by atoms with E-state index < -0.39 is 17.8 Å². The lowest BCUT2D eigenvalue weighted by atomic mass is 9.95. The van der Waals surface area contributed by atoms with Gasteiger partial charge in [0.2, 0.25) is 0 Å². The minimum Gasteiger partial charge on any atom is -0.488 e. The first-order chi connectivity index (χ1) is 51.5. The molecule has 30 nitrogen and oxygen atoms in total. The molecule has 0 unspecified atom stereocenters. The second-order valence-corrected chi connectivity index (χ2v) is 23.4. The van der Waals surface area contributed by atoms with Crippen LogP contribution >= 0.6 is 0 Å². The van der Waals surface area contributed by atoms with Gasteiger partial charge in [0.15, 0.2) is 11.6 Å². The number of urea groups is 1. The van der Waals surface area contributed by atoms with Gasteiger partial charge >= 0.3 is 12.0 Å². The zero-order valence-electron chi connectivity index (χ0n) is 62.3. The Morgan fingerprint density at radius 2 is 0.721 bits per heavy atom. The number of halogens is 1. The number of hydrogen-bond acceptors (Lipinski definition) is 27. The van der Waals surface area contributed by atoms with Crippen molar-refractivity contribution >= 4 is 12.0 Å². The van der Waals surface area contributed by atoms with Crippen molar-refractivity contribution in [3.05, 3.63) is 58.7 Å². The van der Waals surface area contributed by atoms with Crippen LogP contribution in [0.15, 0.2) is 30.3 Å². The summed E-state index contributed by atoms with van der Waals surface area (Å²) in [5.41, 5.74) is 3.95. The van der Waals surface area contributed by atoms with Crippen molar-refractivity contribution in [2.75, 3.05) is 330 Å². The van der Waals surface area contributed by atoms with Crippen LogP contribution in [0.1, 0.15) is 67.6 Å². The highest BCUT2D eigenvalue weighted by Crippen LogP contribution is 2.31. The van der Waals surface area contributed by atoms with Crippen molar-refractivity contribution in [2.45, 2.75) is 64.3 Å². The lowest BCUT2D eigenvalue weighted by Crippen LogP contribution is -2.36. The normalized spacial score (nSPS) is 13.5. The number of carboxylic acids is 1. The molecule has 0 saturated carbocycles. The van der Waals surface area contributed by atoms with E-state index in [-0.39, 0.29) is 31.4 Å². The topological polar surface area (TPSA) is 295 Å². The van der Waals surface area contributed by atoms with Crippen LogP contribution in [-0.2, 0) is 133 Å². The van der Waals surface area contributed by atoms with E-state index in [1.165, 1.54) is 34.7 Å². The first kappa shape index (κ1) is 92.3. The number of benzene rings is 1. The minimum atomic E-state index is -1.08. The first-order valence-electron chi connectivity index (χ1n) is 37.4. The maximum atomic E-state index is 15.3. The van der Waals surface area contributed by atoms with Crippen LogP contribution in [0.25, 0.3) is 0 Å². The second kappa shape index (κ2) is 69.4. The third-order valence-electron chi connectivity index (χ3n) is 15.3. The summed E-state index contributed by atoms with van der Waals surface area (Å²) in [7, 11) is 0.